The summed E-state index contributed by atoms with van der Waals surface area (Å²) >= 11 is 0. The maximum atomic E-state index is 13.5. The van der Waals surface area contributed by atoms with E-state index in [4.69, 9.17) is 4.98 Å². The van der Waals surface area contributed by atoms with Crippen LogP contribution in [-0.2, 0) is 24.0 Å². The lowest BCUT2D eigenvalue weighted by Crippen LogP contribution is -2.46. The molecule has 3 aromatic rings. The Labute approximate surface area is 273 Å². The number of aromatic nitrogens is 2. The van der Waals surface area contributed by atoms with Gasteiger partial charge in [0.25, 0.3) is 0 Å². The standard InChI is InChI=1S/C36H43FN6O2S/c1-26-38-34-25-40(46(45)33-11-6-3-7-12-33)22-19-35(34)43(26)32-23-30-17-18-31(24-32)41(30)20-8-21-42(29-9-4-2-5-10-29)36(44)39-28-15-13-27(37)14-16-28/h2-7,9-13,15-16,27,30-32H,8,14,17-25H2,1H3,(H,39,44)/t27?,30-,31?,32?,46?/m1/s1. The summed E-state index contributed by atoms with van der Waals surface area (Å²) in [7, 11) is -1.18. The first-order chi connectivity index (χ1) is 22.4. The van der Waals surface area contributed by atoms with Crippen molar-refractivity contribution < 1.29 is 13.4 Å². The maximum absolute atomic E-state index is 13.5. The Morgan fingerprint density at radius 3 is 2.46 bits per heavy atom. The second kappa shape index (κ2) is 13.6. The topological polar surface area (TPSA) is 73.7 Å². The predicted octanol–water partition coefficient (Wildman–Crippen LogP) is 6.23. The molecule has 5 atom stereocenters. The molecule has 1 aromatic heterocycles. The van der Waals surface area contributed by atoms with E-state index in [1.54, 1.807) is 17.1 Å². The number of para-hydroxylation sites is 1. The van der Waals surface area contributed by atoms with E-state index in [2.05, 4.69) is 21.7 Å². The van der Waals surface area contributed by atoms with E-state index in [9.17, 15) is 13.4 Å². The molecule has 1 aliphatic carbocycles. The first-order valence-electron chi connectivity index (χ1n) is 16.6. The van der Waals surface area contributed by atoms with Crippen molar-refractivity contribution in [1.82, 2.24) is 24.1 Å². The highest BCUT2D eigenvalue weighted by atomic mass is 32.2. The van der Waals surface area contributed by atoms with Crippen molar-refractivity contribution in [3.8, 4) is 0 Å². The van der Waals surface area contributed by atoms with Crippen LogP contribution < -0.4 is 10.2 Å². The Morgan fingerprint density at radius 2 is 1.76 bits per heavy atom. The zero-order valence-corrected chi connectivity index (χ0v) is 27.2. The first-order valence-corrected chi connectivity index (χ1v) is 17.8. The Hall–Kier alpha value is -3.60. The van der Waals surface area contributed by atoms with Gasteiger partial charge in [-0.05, 0) is 75.4 Å². The number of aryl methyl sites for hydroxylation is 1. The Balaban J connectivity index is 0.980. The summed E-state index contributed by atoms with van der Waals surface area (Å²) in [4.78, 5) is 23.7. The molecule has 2 bridgehead atoms. The van der Waals surface area contributed by atoms with Gasteiger partial charge in [-0.15, -0.1) is 0 Å². The molecule has 2 amide bonds. The largest absolute Gasteiger partial charge is 0.329 e. The molecule has 3 aliphatic heterocycles. The molecule has 10 heteroatoms. The smallest absolute Gasteiger partial charge is 0.326 e. The lowest BCUT2D eigenvalue weighted by atomic mass is 9.96. The van der Waals surface area contributed by atoms with Crippen LogP contribution in [-0.4, -0.2) is 66.9 Å². The van der Waals surface area contributed by atoms with Gasteiger partial charge in [0.05, 0.1) is 17.1 Å². The quantitative estimate of drug-likeness (QED) is 0.301. The number of piperidine rings is 1. The maximum Gasteiger partial charge on any atom is 0.326 e. The Morgan fingerprint density at radius 1 is 1.04 bits per heavy atom. The average Bonchev–Trinajstić information content (AvgIpc) is 3.53. The number of carbonyl (C=O) groups is 1. The number of nitrogens with one attached hydrogen (secondary N) is 1. The summed E-state index contributed by atoms with van der Waals surface area (Å²) in [5.74, 6) is 1.07. The predicted molar refractivity (Wildman–Crippen MR) is 179 cm³/mol. The normalized spacial score (nSPS) is 25.1. The van der Waals surface area contributed by atoms with Crippen LogP contribution in [0.15, 0.2) is 89.5 Å². The van der Waals surface area contributed by atoms with Crippen molar-refractivity contribution in [3.05, 3.63) is 102 Å². The molecule has 0 radical (unpaired) electrons. The van der Waals surface area contributed by atoms with E-state index in [-0.39, 0.29) is 12.5 Å². The highest BCUT2D eigenvalue weighted by Crippen LogP contribution is 2.42. The van der Waals surface area contributed by atoms with E-state index >= 15 is 0 Å². The number of hydrogen-bond donors (Lipinski definition) is 1. The van der Waals surface area contributed by atoms with E-state index < -0.39 is 17.2 Å². The number of urea groups is 1. The molecule has 2 fully saturated rings. The van der Waals surface area contributed by atoms with Crippen LogP contribution in [0.1, 0.15) is 61.8 Å². The number of amides is 2. The van der Waals surface area contributed by atoms with E-state index in [1.807, 2.05) is 65.0 Å². The number of anilines is 1. The molecular weight excluding hydrogens is 600 g/mol. The molecule has 2 aromatic carbocycles. The Bertz CT molecular complexity index is 1610. The fourth-order valence-corrected chi connectivity index (χ4v) is 9.08. The minimum atomic E-state index is -1.18. The summed E-state index contributed by atoms with van der Waals surface area (Å²) in [5, 5.41) is 2.98. The average molecular weight is 643 g/mol. The van der Waals surface area contributed by atoms with Gasteiger partial charge in [0, 0.05) is 67.7 Å². The number of allylic oxidation sites excluding steroid dienone is 3. The third-order valence-electron chi connectivity index (χ3n) is 10.0. The number of nitrogens with zero attached hydrogens (tertiary/aromatic N) is 5. The molecule has 8 nitrogen and oxygen atoms in total. The summed E-state index contributed by atoms with van der Waals surface area (Å²) in [6, 6.07) is 20.8. The van der Waals surface area contributed by atoms with Gasteiger partial charge in [-0.2, -0.15) is 0 Å². The van der Waals surface area contributed by atoms with Crippen molar-refractivity contribution in [3.63, 3.8) is 0 Å². The number of halogens is 1. The molecule has 46 heavy (non-hydrogen) atoms. The van der Waals surface area contributed by atoms with Gasteiger partial charge in [0.2, 0.25) is 0 Å². The molecule has 7 rings (SSSR count). The fourth-order valence-electron chi connectivity index (χ4n) is 7.89. The highest BCUT2D eigenvalue weighted by Gasteiger charge is 2.42. The van der Waals surface area contributed by atoms with Crippen molar-refractivity contribution in [2.75, 3.05) is 24.5 Å². The van der Waals surface area contributed by atoms with E-state index in [0.717, 1.165) is 60.9 Å². The van der Waals surface area contributed by atoms with Crippen LogP contribution in [0.25, 0.3) is 0 Å². The van der Waals surface area contributed by atoms with Crippen molar-refractivity contribution in [2.24, 2.45) is 0 Å². The van der Waals surface area contributed by atoms with Crippen LogP contribution in [0.2, 0.25) is 0 Å². The third kappa shape index (κ3) is 6.48. The Kier molecular flexibility index (Phi) is 9.19. The van der Waals surface area contributed by atoms with Gasteiger partial charge >= 0.3 is 6.03 Å². The zero-order chi connectivity index (χ0) is 31.6. The van der Waals surface area contributed by atoms with Crippen LogP contribution in [0.3, 0.4) is 0 Å². The zero-order valence-electron chi connectivity index (χ0n) is 26.4. The third-order valence-corrected chi connectivity index (χ3v) is 11.5. The number of fused-ring (bicyclic) bond motifs is 3. The molecule has 0 saturated carbocycles. The molecule has 0 spiro atoms. The lowest BCUT2D eigenvalue weighted by Gasteiger charge is -2.41. The van der Waals surface area contributed by atoms with Crippen molar-refractivity contribution in [1.29, 1.82) is 0 Å². The number of alkyl halides is 1. The second-order valence-corrected chi connectivity index (χ2v) is 14.4. The number of imidazole rings is 1. The van der Waals surface area contributed by atoms with Crippen LogP contribution in [0.4, 0.5) is 14.9 Å². The minimum Gasteiger partial charge on any atom is -0.329 e. The fraction of sp³-hybridized carbons (Fsp3) is 0.444. The lowest BCUT2D eigenvalue weighted by molar-refractivity contribution is 0.104. The molecular formula is C36H43FN6O2S. The molecule has 4 unspecified atom stereocenters. The molecule has 1 N–H and O–H groups in total. The minimum absolute atomic E-state index is 0.187. The summed E-state index contributed by atoms with van der Waals surface area (Å²) in [5.41, 5.74) is 3.91. The van der Waals surface area contributed by atoms with Gasteiger partial charge in [0.1, 0.15) is 23.0 Å². The number of benzene rings is 2. The summed E-state index contributed by atoms with van der Waals surface area (Å²) in [6.45, 7) is 5.06. The van der Waals surface area contributed by atoms with Crippen LogP contribution in [0.5, 0.6) is 0 Å². The summed E-state index contributed by atoms with van der Waals surface area (Å²) in [6.07, 6.45) is 10.6. The van der Waals surface area contributed by atoms with Gasteiger partial charge < -0.3 is 9.88 Å². The van der Waals surface area contributed by atoms with Crippen molar-refractivity contribution in [2.45, 2.75) is 87.6 Å². The van der Waals surface area contributed by atoms with Crippen LogP contribution in [0, 0.1) is 6.92 Å². The second-order valence-electron chi connectivity index (χ2n) is 12.9. The number of rotatable bonds is 9. The first kappa shape index (κ1) is 31.0. The van der Waals surface area contributed by atoms with Crippen molar-refractivity contribution >= 4 is 22.7 Å². The van der Waals surface area contributed by atoms with Gasteiger partial charge in [-0.25, -0.2) is 22.7 Å². The monoisotopic (exact) mass is 642 g/mol. The molecule has 4 heterocycles. The SMILES string of the molecule is Cc1nc2c(n1C1CC3CC[C@H](C1)N3CCCN(C(=O)NC1=CCC(F)C=C1)c1ccccc1)CCN(S(=O)c1ccccc1)C2. The van der Waals surface area contributed by atoms with E-state index in [1.165, 1.54) is 24.6 Å². The van der Waals surface area contributed by atoms with E-state index in [0.29, 0.717) is 36.9 Å². The van der Waals surface area contributed by atoms with Gasteiger partial charge in [-0.3, -0.25) is 9.80 Å². The highest BCUT2D eigenvalue weighted by molar-refractivity contribution is 7.82. The van der Waals surface area contributed by atoms with Gasteiger partial charge in [-0.1, -0.05) is 42.5 Å². The van der Waals surface area contributed by atoms with Crippen LogP contribution >= 0.6 is 0 Å². The number of hydrogen-bond acceptors (Lipinski definition) is 4. The molecule has 4 aliphatic rings. The molecule has 2 saturated heterocycles. The number of carbonyl (C=O) groups excluding carboxylic acids is 1. The van der Waals surface area contributed by atoms with Gasteiger partial charge in [0.15, 0.2) is 0 Å². The molecule has 242 valence electrons. The summed E-state index contributed by atoms with van der Waals surface area (Å²) < 4.78 is 31.3.